The minimum atomic E-state index is -1.05. The van der Waals surface area contributed by atoms with Crippen LogP contribution in [0.5, 0.6) is 0 Å². The summed E-state index contributed by atoms with van der Waals surface area (Å²) < 4.78 is 4.52. The number of hydrogen-bond donors (Lipinski definition) is 2. The fraction of sp³-hybridized carbons (Fsp3) is 0.409. The molecule has 0 spiro atoms. The van der Waals surface area contributed by atoms with Crippen LogP contribution in [0, 0.1) is 6.92 Å². The van der Waals surface area contributed by atoms with Crippen molar-refractivity contribution in [1.82, 2.24) is 19.0 Å². The Balaban J connectivity index is 1.96. The predicted molar refractivity (Wildman–Crippen MR) is 124 cm³/mol. The summed E-state index contributed by atoms with van der Waals surface area (Å²) in [6, 6.07) is 7.23. The molecule has 0 radical (unpaired) electrons. The monoisotopic (exact) mass is 459 g/mol. The molecule has 2 aromatic heterocycles. The smallest absolute Gasteiger partial charge is 0.404 e. The lowest BCUT2D eigenvalue weighted by atomic mass is 10.1. The molecule has 1 aliphatic heterocycles. The lowest BCUT2D eigenvalue weighted by molar-refractivity contribution is 0.188. The molecular formula is C22H26ClN5O4. The van der Waals surface area contributed by atoms with Crippen LogP contribution in [0.2, 0.25) is 5.02 Å². The molecule has 1 fully saturated rings. The fourth-order valence-corrected chi connectivity index (χ4v) is 4.93. The number of amides is 1. The zero-order chi connectivity index (χ0) is 23.2. The van der Waals surface area contributed by atoms with Crippen molar-refractivity contribution >= 4 is 34.5 Å². The Morgan fingerprint density at radius 3 is 2.59 bits per heavy atom. The number of rotatable bonds is 4. The van der Waals surface area contributed by atoms with Crippen molar-refractivity contribution in [3.8, 4) is 0 Å². The number of halogens is 1. The number of carboxylic acid groups (broad SMARTS) is 1. The molecule has 170 valence electrons. The summed E-state index contributed by atoms with van der Waals surface area (Å²) in [5.41, 5.74) is 1.89. The highest BCUT2D eigenvalue weighted by Crippen LogP contribution is 2.33. The molecule has 2 N–H and O–H groups in total. The first-order chi connectivity index (χ1) is 15.2. The van der Waals surface area contributed by atoms with Crippen LogP contribution < -0.4 is 21.5 Å². The second-order valence-electron chi connectivity index (χ2n) is 8.26. The van der Waals surface area contributed by atoms with E-state index in [9.17, 15) is 19.5 Å². The van der Waals surface area contributed by atoms with Gasteiger partial charge in [-0.25, -0.2) is 9.59 Å². The molecule has 10 heteroatoms. The maximum atomic E-state index is 13.2. The van der Waals surface area contributed by atoms with E-state index in [2.05, 4.69) is 10.2 Å². The van der Waals surface area contributed by atoms with Gasteiger partial charge in [0.05, 0.1) is 12.1 Å². The van der Waals surface area contributed by atoms with E-state index in [0.29, 0.717) is 35.7 Å². The van der Waals surface area contributed by atoms with Crippen molar-refractivity contribution in [1.29, 1.82) is 0 Å². The van der Waals surface area contributed by atoms with Gasteiger partial charge in [0.25, 0.3) is 5.56 Å². The number of fused-ring (bicyclic) bond motifs is 1. The molecule has 0 saturated carbocycles. The van der Waals surface area contributed by atoms with Gasteiger partial charge in [-0.1, -0.05) is 29.8 Å². The number of aryl methyl sites for hydroxylation is 2. The molecule has 0 aliphatic carbocycles. The number of aromatic nitrogens is 3. The Hall–Kier alpha value is -3.20. The Labute approximate surface area is 189 Å². The Bertz CT molecular complexity index is 1320. The molecular weight excluding hydrogens is 434 g/mol. The molecule has 3 heterocycles. The van der Waals surface area contributed by atoms with Crippen LogP contribution in [0.25, 0.3) is 11.0 Å². The third-order valence-electron chi connectivity index (χ3n) is 6.19. The van der Waals surface area contributed by atoms with Crippen molar-refractivity contribution < 1.29 is 9.90 Å². The molecule has 1 atom stereocenters. The average molecular weight is 460 g/mol. The number of nitrogens with zero attached hydrogens (tertiary/aromatic N) is 4. The van der Waals surface area contributed by atoms with Crippen LogP contribution in [0.15, 0.2) is 33.9 Å². The zero-order valence-corrected chi connectivity index (χ0v) is 19.0. The minimum absolute atomic E-state index is 0.223. The van der Waals surface area contributed by atoms with Crippen LogP contribution in [-0.2, 0) is 20.6 Å². The fourth-order valence-electron chi connectivity index (χ4n) is 4.73. The van der Waals surface area contributed by atoms with Crippen LogP contribution >= 0.6 is 11.6 Å². The molecule has 9 nitrogen and oxygen atoms in total. The van der Waals surface area contributed by atoms with Gasteiger partial charge in [0.2, 0.25) is 0 Å². The average Bonchev–Trinajstić information content (AvgIpc) is 3.04. The Kier molecular flexibility index (Phi) is 5.77. The second kappa shape index (κ2) is 8.38. The molecule has 32 heavy (non-hydrogen) atoms. The zero-order valence-electron chi connectivity index (χ0n) is 18.3. The topological polar surface area (TPSA) is 102 Å². The standard InChI is InChI=1S/C22H26ClN5O4/c1-13-17-18(20(29)26(3)22(32)25(17)2)28(11-14-7-4-5-9-16(14)23)19(13)27-10-6-8-15(12-27)24-21(30)31/h4-5,7,9,15,24H,6,8,10-12H2,1-3H3,(H,30,31)/t15-/m1/s1. The molecule has 4 rings (SSSR count). The van der Waals surface area contributed by atoms with E-state index < -0.39 is 11.8 Å². The van der Waals surface area contributed by atoms with Gasteiger partial charge in [0, 0.05) is 43.8 Å². The quantitative estimate of drug-likeness (QED) is 0.623. The number of benzene rings is 1. The molecule has 0 bridgehead atoms. The maximum absolute atomic E-state index is 13.2. The Morgan fingerprint density at radius 1 is 1.19 bits per heavy atom. The number of anilines is 1. The summed E-state index contributed by atoms with van der Waals surface area (Å²) in [5, 5.41) is 12.3. The summed E-state index contributed by atoms with van der Waals surface area (Å²) in [6.45, 7) is 3.43. The minimum Gasteiger partial charge on any atom is -0.465 e. The first-order valence-electron chi connectivity index (χ1n) is 10.5. The van der Waals surface area contributed by atoms with Gasteiger partial charge in [-0.05, 0) is 31.4 Å². The van der Waals surface area contributed by atoms with Crippen molar-refractivity contribution in [2.75, 3.05) is 18.0 Å². The summed E-state index contributed by atoms with van der Waals surface area (Å²) in [5.74, 6) is 0.801. The third-order valence-corrected chi connectivity index (χ3v) is 6.56. The van der Waals surface area contributed by atoms with Gasteiger partial charge in [-0.2, -0.15) is 0 Å². The van der Waals surface area contributed by atoms with Crippen LogP contribution in [0.4, 0.5) is 10.6 Å². The maximum Gasteiger partial charge on any atom is 0.404 e. The molecule has 1 saturated heterocycles. The number of nitrogens with one attached hydrogen (secondary N) is 1. The van der Waals surface area contributed by atoms with Gasteiger partial charge >= 0.3 is 11.8 Å². The highest BCUT2D eigenvalue weighted by atomic mass is 35.5. The van der Waals surface area contributed by atoms with Crippen LogP contribution in [0.1, 0.15) is 24.0 Å². The van der Waals surface area contributed by atoms with Gasteiger partial charge in [-0.15, -0.1) is 0 Å². The predicted octanol–water partition coefficient (Wildman–Crippen LogP) is 2.29. The van der Waals surface area contributed by atoms with E-state index in [1.54, 1.807) is 13.1 Å². The van der Waals surface area contributed by atoms with Gasteiger partial charge in [0.1, 0.15) is 11.3 Å². The molecule has 1 aromatic carbocycles. The van der Waals surface area contributed by atoms with E-state index >= 15 is 0 Å². The first kappa shape index (κ1) is 22.0. The van der Waals surface area contributed by atoms with E-state index in [0.717, 1.165) is 34.4 Å². The van der Waals surface area contributed by atoms with E-state index in [4.69, 9.17) is 11.6 Å². The van der Waals surface area contributed by atoms with Gasteiger partial charge in [-0.3, -0.25) is 13.9 Å². The summed E-state index contributed by atoms with van der Waals surface area (Å²) >= 11 is 6.44. The van der Waals surface area contributed by atoms with Gasteiger partial charge in [0.15, 0.2) is 0 Å². The van der Waals surface area contributed by atoms with Crippen molar-refractivity contribution in [3.05, 3.63) is 61.3 Å². The molecule has 0 unspecified atom stereocenters. The highest BCUT2D eigenvalue weighted by Gasteiger charge is 2.29. The van der Waals surface area contributed by atoms with Crippen molar-refractivity contribution in [2.45, 2.75) is 32.4 Å². The van der Waals surface area contributed by atoms with E-state index in [1.807, 2.05) is 29.7 Å². The van der Waals surface area contributed by atoms with Crippen LogP contribution in [0.3, 0.4) is 0 Å². The molecule has 1 aliphatic rings. The number of carbonyl (C=O) groups is 1. The number of piperidine rings is 1. The van der Waals surface area contributed by atoms with E-state index in [1.165, 1.54) is 11.6 Å². The van der Waals surface area contributed by atoms with Crippen molar-refractivity contribution in [3.63, 3.8) is 0 Å². The van der Waals surface area contributed by atoms with Crippen molar-refractivity contribution in [2.24, 2.45) is 14.1 Å². The molecule has 1 amide bonds. The largest absolute Gasteiger partial charge is 0.465 e. The SMILES string of the molecule is Cc1c(N2CCC[C@@H](NC(=O)O)C2)n(Cc2ccccc2Cl)c2c(=O)n(C)c(=O)n(C)c12. The summed E-state index contributed by atoms with van der Waals surface area (Å²) in [7, 11) is 3.13. The van der Waals surface area contributed by atoms with Gasteiger partial charge < -0.3 is 19.9 Å². The normalized spacial score (nSPS) is 16.5. The third kappa shape index (κ3) is 3.66. The van der Waals surface area contributed by atoms with E-state index in [-0.39, 0.29) is 11.6 Å². The lowest BCUT2D eigenvalue weighted by Crippen LogP contribution is -2.48. The molecule has 3 aromatic rings. The summed E-state index contributed by atoms with van der Waals surface area (Å²) in [4.78, 5) is 39.2. The Morgan fingerprint density at radius 2 is 1.91 bits per heavy atom. The summed E-state index contributed by atoms with van der Waals surface area (Å²) in [6.07, 6.45) is 0.489. The first-order valence-corrected chi connectivity index (χ1v) is 10.8. The highest BCUT2D eigenvalue weighted by molar-refractivity contribution is 6.31. The number of hydrogen-bond acceptors (Lipinski definition) is 4. The van der Waals surface area contributed by atoms with Crippen LogP contribution in [-0.4, -0.2) is 44.0 Å². The lowest BCUT2D eigenvalue weighted by Gasteiger charge is -2.35. The second-order valence-corrected chi connectivity index (χ2v) is 8.67.